The molecule has 1 aliphatic heterocycles. The molecule has 1 unspecified atom stereocenters. The molecule has 0 spiro atoms. The molecular formula is C16H25BrN2O2. The highest BCUT2D eigenvalue weighted by Gasteiger charge is 2.37. The van der Waals surface area contributed by atoms with Gasteiger partial charge in [-0.1, -0.05) is 0 Å². The Balaban J connectivity index is 2.38. The van der Waals surface area contributed by atoms with Crippen molar-refractivity contribution in [2.75, 3.05) is 27.3 Å². The quantitative estimate of drug-likeness (QED) is 0.878. The topological polar surface area (TPSA) is 47.7 Å². The number of methoxy groups -OCH3 is 2. The lowest BCUT2D eigenvalue weighted by atomic mass is 9.87. The summed E-state index contributed by atoms with van der Waals surface area (Å²) >= 11 is 3.55. The summed E-state index contributed by atoms with van der Waals surface area (Å²) in [6.07, 6.45) is 2.50. The molecule has 0 radical (unpaired) electrons. The Hall–Kier alpha value is -0.780. The van der Waals surface area contributed by atoms with Gasteiger partial charge in [0, 0.05) is 11.1 Å². The largest absolute Gasteiger partial charge is 0.495 e. The van der Waals surface area contributed by atoms with E-state index in [-0.39, 0.29) is 11.6 Å². The van der Waals surface area contributed by atoms with Crippen LogP contribution in [0.4, 0.5) is 0 Å². The third-order valence-corrected chi connectivity index (χ3v) is 5.28. The maximum absolute atomic E-state index is 6.61. The zero-order chi connectivity index (χ0) is 15.6. The number of nitrogens with zero attached hydrogens (tertiary/aromatic N) is 1. The maximum Gasteiger partial charge on any atom is 0.141 e. The van der Waals surface area contributed by atoms with Crippen LogP contribution >= 0.6 is 15.9 Å². The van der Waals surface area contributed by atoms with E-state index in [0.717, 1.165) is 34.6 Å². The van der Waals surface area contributed by atoms with Gasteiger partial charge in [-0.15, -0.1) is 0 Å². The van der Waals surface area contributed by atoms with E-state index in [1.807, 2.05) is 12.1 Å². The molecule has 1 aromatic rings. The van der Waals surface area contributed by atoms with Gasteiger partial charge in [0.15, 0.2) is 0 Å². The molecule has 0 bridgehead atoms. The van der Waals surface area contributed by atoms with Crippen LogP contribution in [-0.4, -0.2) is 37.7 Å². The summed E-state index contributed by atoms with van der Waals surface area (Å²) < 4.78 is 11.7. The minimum atomic E-state index is -0.132. The molecule has 118 valence electrons. The number of nitrogens with two attached hydrogens (primary N) is 1. The summed E-state index contributed by atoms with van der Waals surface area (Å²) in [5.41, 5.74) is 7.49. The van der Waals surface area contributed by atoms with Crippen LogP contribution < -0.4 is 15.2 Å². The van der Waals surface area contributed by atoms with Crippen LogP contribution in [0.5, 0.6) is 11.5 Å². The Bertz CT molecular complexity index is 499. The van der Waals surface area contributed by atoms with Gasteiger partial charge in [-0.25, -0.2) is 0 Å². The van der Waals surface area contributed by atoms with Crippen molar-refractivity contribution in [3.63, 3.8) is 0 Å². The molecule has 0 saturated carbocycles. The molecule has 0 amide bonds. The second kappa shape index (κ2) is 6.55. The van der Waals surface area contributed by atoms with Crippen molar-refractivity contribution in [2.24, 2.45) is 5.73 Å². The smallest absolute Gasteiger partial charge is 0.141 e. The molecule has 21 heavy (non-hydrogen) atoms. The van der Waals surface area contributed by atoms with Crippen molar-refractivity contribution in [3.05, 3.63) is 22.2 Å². The zero-order valence-electron chi connectivity index (χ0n) is 13.3. The molecule has 1 aliphatic rings. The molecule has 4 nitrogen and oxygen atoms in total. The van der Waals surface area contributed by atoms with E-state index >= 15 is 0 Å². The van der Waals surface area contributed by atoms with Crippen LogP contribution in [0.1, 0.15) is 38.3 Å². The fourth-order valence-corrected chi connectivity index (χ4v) is 3.72. The lowest BCUT2D eigenvalue weighted by Crippen LogP contribution is -2.50. The van der Waals surface area contributed by atoms with Crippen LogP contribution in [0, 0.1) is 0 Å². The molecule has 1 fully saturated rings. The van der Waals surface area contributed by atoms with E-state index in [1.54, 1.807) is 14.2 Å². The standard InChI is InChI=1S/C16H25BrN2O2/c1-16(2,19-9-5-6-10-19)15(18)11-7-8-12(20-3)13(17)14(11)21-4/h7-8,15H,5-6,9-10,18H2,1-4H3. The number of hydrogen-bond donors (Lipinski definition) is 1. The highest BCUT2D eigenvalue weighted by Crippen LogP contribution is 2.42. The summed E-state index contributed by atoms with van der Waals surface area (Å²) in [6, 6.07) is 3.81. The lowest BCUT2D eigenvalue weighted by Gasteiger charge is -2.41. The SMILES string of the molecule is COc1ccc(C(N)C(C)(C)N2CCCC2)c(OC)c1Br. The molecule has 1 atom stereocenters. The number of benzene rings is 1. The number of ether oxygens (including phenoxy) is 2. The summed E-state index contributed by atoms with van der Waals surface area (Å²) in [5.74, 6) is 1.51. The van der Waals surface area contributed by atoms with E-state index in [2.05, 4.69) is 34.7 Å². The second-order valence-corrected chi connectivity index (χ2v) is 6.82. The summed E-state index contributed by atoms with van der Waals surface area (Å²) in [5, 5.41) is 0. The van der Waals surface area contributed by atoms with Gasteiger partial charge in [-0.05, 0) is 67.8 Å². The molecule has 0 aliphatic carbocycles. The van der Waals surface area contributed by atoms with Gasteiger partial charge in [-0.3, -0.25) is 4.90 Å². The zero-order valence-corrected chi connectivity index (χ0v) is 14.9. The van der Waals surface area contributed by atoms with Gasteiger partial charge < -0.3 is 15.2 Å². The first-order chi connectivity index (χ1) is 9.93. The average Bonchev–Trinajstić information content (AvgIpc) is 3.01. The maximum atomic E-state index is 6.61. The van der Waals surface area contributed by atoms with E-state index in [4.69, 9.17) is 15.2 Å². The van der Waals surface area contributed by atoms with Gasteiger partial charge in [0.25, 0.3) is 0 Å². The van der Waals surface area contributed by atoms with Crippen molar-refractivity contribution in [1.82, 2.24) is 4.90 Å². The van der Waals surface area contributed by atoms with Gasteiger partial charge in [-0.2, -0.15) is 0 Å². The van der Waals surface area contributed by atoms with Crippen LogP contribution in [0.15, 0.2) is 16.6 Å². The predicted molar refractivity (Wildman–Crippen MR) is 89.1 cm³/mol. The van der Waals surface area contributed by atoms with Crippen molar-refractivity contribution in [2.45, 2.75) is 38.3 Å². The number of halogens is 1. The van der Waals surface area contributed by atoms with Crippen LogP contribution in [0.3, 0.4) is 0 Å². The lowest BCUT2D eigenvalue weighted by molar-refractivity contribution is 0.122. The summed E-state index contributed by atoms with van der Waals surface area (Å²) in [7, 11) is 3.31. The molecule has 0 aromatic heterocycles. The molecule has 1 saturated heterocycles. The highest BCUT2D eigenvalue weighted by atomic mass is 79.9. The first kappa shape index (κ1) is 16.6. The average molecular weight is 357 g/mol. The van der Waals surface area contributed by atoms with Crippen molar-refractivity contribution >= 4 is 15.9 Å². The van der Waals surface area contributed by atoms with E-state index in [0.29, 0.717) is 0 Å². The van der Waals surface area contributed by atoms with Gasteiger partial charge >= 0.3 is 0 Å². The van der Waals surface area contributed by atoms with Crippen molar-refractivity contribution < 1.29 is 9.47 Å². The molecule has 1 aromatic carbocycles. The Labute approximate surface area is 135 Å². The van der Waals surface area contributed by atoms with Crippen molar-refractivity contribution in [1.29, 1.82) is 0 Å². The minimum Gasteiger partial charge on any atom is -0.495 e. The summed E-state index contributed by atoms with van der Waals surface area (Å²) in [4.78, 5) is 2.47. The monoisotopic (exact) mass is 356 g/mol. The number of rotatable bonds is 5. The Morgan fingerprint density at radius 2 is 1.81 bits per heavy atom. The Morgan fingerprint density at radius 3 is 2.33 bits per heavy atom. The highest BCUT2D eigenvalue weighted by molar-refractivity contribution is 9.10. The second-order valence-electron chi connectivity index (χ2n) is 6.03. The molecule has 1 heterocycles. The molecular weight excluding hydrogens is 332 g/mol. The Morgan fingerprint density at radius 1 is 1.19 bits per heavy atom. The van der Waals surface area contributed by atoms with Gasteiger partial charge in [0.2, 0.25) is 0 Å². The minimum absolute atomic E-state index is 0.113. The third kappa shape index (κ3) is 3.05. The number of likely N-dealkylation sites (tertiary alicyclic amines) is 1. The van der Waals surface area contributed by atoms with Crippen LogP contribution in [0.25, 0.3) is 0 Å². The van der Waals surface area contributed by atoms with Gasteiger partial charge in [0.05, 0.1) is 20.3 Å². The first-order valence-electron chi connectivity index (χ1n) is 7.34. The molecule has 2 rings (SSSR count). The first-order valence-corrected chi connectivity index (χ1v) is 8.13. The van der Waals surface area contributed by atoms with E-state index < -0.39 is 0 Å². The van der Waals surface area contributed by atoms with E-state index in [9.17, 15) is 0 Å². The Kier molecular flexibility index (Phi) is 5.17. The summed E-state index contributed by atoms with van der Waals surface area (Å²) in [6.45, 7) is 6.64. The van der Waals surface area contributed by atoms with E-state index in [1.165, 1.54) is 12.8 Å². The van der Waals surface area contributed by atoms with Crippen LogP contribution in [-0.2, 0) is 0 Å². The fraction of sp³-hybridized carbons (Fsp3) is 0.625. The van der Waals surface area contributed by atoms with Crippen molar-refractivity contribution in [3.8, 4) is 11.5 Å². The predicted octanol–water partition coefficient (Wildman–Crippen LogP) is 3.34. The normalized spacial score (nSPS) is 17.8. The third-order valence-electron chi connectivity index (χ3n) is 4.53. The molecule has 5 heteroatoms. The van der Waals surface area contributed by atoms with Gasteiger partial charge in [0.1, 0.15) is 16.0 Å². The van der Waals surface area contributed by atoms with Crippen LogP contribution in [0.2, 0.25) is 0 Å². The fourth-order valence-electron chi connectivity index (χ4n) is 3.03. The number of hydrogen-bond acceptors (Lipinski definition) is 4. The molecule has 2 N–H and O–H groups in total.